The minimum absolute atomic E-state index is 0.253. The molecule has 3 aromatic rings. The maximum absolute atomic E-state index is 12.7. The Morgan fingerprint density at radius 1 is 1.12 bits per heavy atom. The molecule has 1 aliphatic carbocycles. The van der Waals surface area contributed by atoms with E-state index in [9.17, 15) is 18.0 Å². The van der Waals surface area contributed by atoms with Crippen molar-refractivity contribution in [1.82, 2.24) is 9.55 Å². The molecule has 1 fully saturated rings. The molecule has 4 rings (SSSR count). The van der Waals surface area contributed by atoms with Crippen molar-refractivity contribution in [3.63, 3.8) is 0 Å². The number of rotatable bonds is 4. The molecule has 7 heteroatoms. The van der Waals surface area contributed by atoms with Crippen LogP contribution in [0, 0.1) is 0 Å². The first-order chi connectivity index (χ1) is 12.4. The van der Waals surface area contributed by atoms with E-state index in [4.69, 9.17) is 0 Å². The zero-order chi connectivity index (χ0) is 18.3. The van der Waals surface area contributed by atoms with Gasteiger partial charge in [0.15, 0.2) is 0 Å². The van der Waals surface area contributed by atoms with Crippen LogP contribution in [-0.4, -0.2) is 22.3 Å². The molecule has 0 amide bonds. The molecule has 4 nitrogen and oxygen atoms in total. The minimum Gasteiger partial charge on any atom is -0.376 e. The Kier molecular flexibility index (Phi) is 3.94. The van der Waals surface area contributed by atoms with Gasteiger partial charge in [0.2, 0.25) is 0 Å². The maximum Gasteiger partial charge on any atom is 0.405 e. The van der Waals surface area contributed by atoms with Gasteiger partial charge in [-0.3, -0.25) is 9.36 Å². The number of fused-ring (bicyclic) bond motifs is 1. The molecule has 0 radical (unpaired) electrons. The quantitative estimate of drug-likeness (QED) is 0.758. The van der Waals surface area contributed by atoms with Crippen LogP contribution in [-0.2, 0) is 0 Å². The van der Waals surface area contributed by atoms with E-state index < -0.39 is 12.7 Å². The number of nitrogens with one attached hydrogen (secondary N) is 1. The Balaban J connectivity index is 1.65. The van der Waals surface area contributed by atoms with E-state index in [1.807, 2.05) is 24.3 Å². The summed E-state index contributed by atoms with van der Waals surface area (Å²) in [6.45, 7) is -1.14. The molecule has 0 bridgehead atoms. The summed E-state index contributed by atoms with van der Waals surface area (Å²) in [5, 5.41) is 2.65. The number of hydrogen-bond acceptors (Lipinski definition) is 3. The van der Waals surface area contributed by atoms with E-state index in [0.717, 1.165) is 0 Å². The highest BCUT2D eigenvalue weighted by Crippen LogP contribution is 2.40. The number of halogens is 3. The minimum atomic E-state index is -4.31. The molecule has 2 aromatic carbocycles. The second kappa shape index (κ2) is 6.16. The van der Waals surface area contributed by atoms with Crippen molar-refractivity contribution < 1.29 is 13.2 Å². The molecule has 1 aromatic heterocycles. The van der Waals surface area contributed by atoms with Gasteiger partial charge in [-0.2, -0.15) is 13.2 Å². The van der Waals surface area contributed by atoms with E-state index in [0.29, 0.717) is 22.5 Å². The largest absolute Gasteiger partial charge is 0.405 e. The molecule has 0 saturated heterocycles. The van der Waals surface area contributed by atoms with Gasteiger partial charge >= 0.3 is 6.18 Å². The number of alkyl halides is 3. The zero-order valence-electron chi connectivity index (χ0n) is 13.8. The van der Waals surface area contributed by atoms with Crippen molar-refractivity contribution in [2.75, 3.05) is 11.9 Å². The molecule has 0 atom stereocenters. The van der Waals surface area contributed by atoms with Gasteiger partial charge < -0.3 is 5.32 Å². The summed E-state index contributed by atoms with van der Waals surface area (Å²) >= 11 is 0. The predicted molar refractivity (Wildman–Crippen MR) is 93.9 cm³/mol. The molecular formula is C19H16F3N3O. The normalized spacial score (nSPS) is 14.6. The summed E-state index contributed by atoms with van der Waals surface area (Å²) in [7, 11) is 0. The third-order valence-electron chi connectivity index (χ3n) is 4.47. The molecule has 0 spiro atoms. The fourth-order valence-electron chi connectivity index (χ4n) is 2.94. The van der Waals surface area contributed by atoms with Gasteiger partial charge in [-0.15, -0.1) is 0 Å². The number of benzene rings is 2. The van der Waals surface area contributed by atoms with E-state index in [1.54, 1.807) is 0 Å². The van der Waals surface area contributed by atoms with Crippen molar-refractivity contribution in [3.8, 4) is 5.69 Å². The van der Waals surface area contributed by atoms with Crippen LogP contribution in [0.25, 0.3) is 16.6 Å². The summed E-state index contributed by atoms with van der Waals surface area (Å²) in [6.07, 6.45) is -0.480. The summed E-state index contributed by atoms with van der Waals surface area (Å²) in [4.78, 5) is 16.9. The molecule has 1 aliphatic rings. The smallest absolute Gasteiger partial charge is 0.376 e. The van der Waals surface area contributed by atoms with Crippen LogP contribution in [0.5, 0.6) is 0 Å². The second-order valence-electron chi connectivity index (χ2n) is 6.49. The third-order valence-corrected chi connectivity index (χ3v) is 4.47. The van der Waals surface area contributed by atoms with E-state index in [2.05, 4.69) is 10.3 Å². The van der Waals surface area contributed by atoms with Gasteiger partial charge in [0, 0.05) is 5.69 Å². The van der Waals surface area contributed by atoms with Gasteiger partial charge in [-0.05, 0) is 54.7 Å². The molecule has 26 heavy (non-hydrogen) atoms. The molecular weight excluding hydrogens is 343 g/mol. The van der Waals surface area contributed by atoms with Crippen LogP contribution in [0.3, 0.4) is 0 Å². The van der Waals surface area contributed by atoms with Gasteiger partial charge in [-0.1, -0.05) is 12.1 Å². The summed E-state index contributed by atoms with van der Waals surface area (Å²) in [5.74, 6) is 0.637. The average molecular weight is 359 g/mol. The summed E-state index contributed by atoms with van der Waals surface area (Å²) in [6, 6.07) is 12.2. The first kappa shape index (κ1) is 16.6. The fourth-order valence-corrected chi connectivity index (χ4v) is 2.94. The predicted octanol–water partition coefficient (Wildman–Crippen LogP) is 4.24. The Morgan fingerprint density at radius 3 is 2.50 bits per heavy atom. The second-order valence-corrected chi connectivity index (χ2v) is 6.49. The first-order valence-corrected chi connectivity index (χ1v) is 8.33. The van der Waals surface area contributed by atoms with Crippen molar-refractivity contribution in [1.29, 1.82) is 0 Å². The van der Waals surface area contributed by atoms with Crippen LogP contribution in [0.15, 0.2) is 53.6 Å². The molecule has 1 saturated carbocycles. The standard InChI is InChI=1S/C19H16F3N3O/c20-19(21,22)10-23-14-5-8-16-17(9-14)24-11-25(18(16)26)15-6-3-13(4-7-15)12-1-2-12/h3-9,11-12,23H,1-2,10H2. The van der Waals surface area contributed by atoms with Crippen molar-refractivity contribution in [2.24, 2.45) is 0 Å². The molecule has 0 unspecified atom stereocenters. The van der Waals surface area contributed by atoms with Gasteiger partial charge in [0.05, 0.1) is 16.6 Å². The number of anilines is 1. The van der Waals surface area contributed by atoms with Crippen LogP contribution in [0.2, 0.25) is 0 Å². The van der Waals surface area contributed by atoms with E-state index in [-0.39, 0.29) is 11.2 Å². The number of aromatic nitrogens is 2. The zero-order valence-corrected chi connectivity index (χ0v) is 13.8. The van der Waals surface area contributed by atoms with E-state index >= 15 is 0 Å². The van der Waals surface area contributed by atoms with Crippen molar-refractivity contribution in [2.45, 2.75) is 24.9 Å². The Morgan fingerprint density at radius 2 is 1.85 bits per heavy atom. The van der Waals surface area contributed by atoms with Gasteiger partial charge in [-0.25, -0.2) is 4.98 Å². The average Bonchev–Trinajstić information content (AvgIpc) is 3.45. The highest BCUT2D eigenvalue weighted by atomic mass is 19.4. The lowest BCUT2D eigenvalue weighted by atomic mass is 10.1. The third kappa shape index (κ3) is 3.42. The Bertz CT molecular complexity index is 1010. The Labute approximate surface area is 147 Å². The lowest BCUT2D eigenvalue weighted by molar-refractivity contribution is -0.115. The first-order valence-electron chi connectivity index (χ1n) is 8.33. The fraction of sp³-hybridized carbons (Fsp3) is 0.263. The van der Waals surface area contributed by atoms with Crippen LogP contribution >= 0.6 is 0 Å². The lowest BCUT2D eigenvalue weighted by Crippen LogP contribution is -2.21. The van der Waals surface area contributed by atoms with Crippen LogP contribution in [0.1, 0.15) is 24.3 Å². The van der Waals surface area contributed by atoms with Crippen molar-refractivity contribution >= 4 is 16.6 Å². The highest BCUT2D eigenvalue weighted by Gasteiger charge is 2.26. The van der Waals surface area contributed by atoms with Crippen LogP contribution in [0.4, 0.5) is 18.9 Å². The summed E-state index contributed by atoms with van der Waals surface area (Å²) in [5.41, 5.74) is 2.36. The van der Waals surface area contributed by atoms with Crippen molar-refractivity contribution in [3.05, 3.63) is 64.7 Å². The number of nitrogens with zero attached hydrogens (tertiary/aromatic N) is 2. The SMILES string of the molecule is O=c1c2ccc(NCC(F)(F)F)cc2ncn1-c1ccc(C2CC2)cc1. The van der Waals surface area contributed by atoms with Crippen LogP contribution < -0.4 is 10.9 Å². The topological polar surface area (TPSA) is 46.9 Å². The molecule has 1 N–H and O–H groups in total. The Hall–Kier alpha value is -2.83. The maximum atomic E-state index is 12.7. The summed E-state index contributed by atoms with van der Waals surface area (Å²) < 4.78 is 38.4. The highest BCUT2D eigenvalue weighted by molar-refractivity contribution is 5.81. The molecule has 0 aliphatic heterocycles. The van der Waals surface area contributed by atoms with E-state index in [1.165, 1.54) is 47.5 Å². The number of hydrogen-bond donors (Lipinski definition) is 1. The lowest BCUT2D eigenvalue weighted by Gasteiger charge is -2.11. The molecule has 1 heterocycles. The van der Waals surface area contributed by atoms with Gasteiger partial charge in [0.1, 0.15) is 12.9 Å². The molecule has 134 valence electrons. The monoisotopic (exact) mass is 359 g/mol. The van der Waals surface area contributed by atoms with Gasteiger partial charge in [0.25, 0.3) is 5.56 Å².